The molecule has 0 bridgehead atoms. The van der Waals surface area contributed by atoms with Crippen LogP contribution in [0.2, 0.25) is 5.02 Å². The van der Waals surface area contributed by atoms with Crippen LogP contribution in [0.25, 0.3) is 11.3 Å². The maximum atomic E-state index is 13.0. The molecule has 0 aliphatic heterocycles. The largest absolute Gasteiger partial charge is 0.435 e. The van der Waals surface area contributed by atoms with Crippen molar-refractivity contribution in [1.82, 2.24) is 25.4 Å². The number of nitrogens with zero attached hydrogens (tertiary/aromatic N) is 4. The lowest BCUT2D eigenvalue weighted by Crippen LogP contribution is -2.20. The SMILES string of the molecule is O=C(CCn1nc(C(F)(F)F)cc1C1CC1)NN=Cc1cn[nH]c1-c1ccc(Cl)cc1. The van der Waals surface area contributed by atoms with Crippen molar-refractivity contribution in [2.75, 3.05) is 0 Å². The van der Waals surface area contributed by atoms with Gasteiger partial charge in [0.05, 0.1) is 24.7 Å². The lowest BCUT2D eigenvalue weighted by Gasteiger charge is -2.06. The van der Waals surface area contributed by atoms with E-state index in [2.05, 4.69) is 25.8 Å². The van der Waals surface area contributed by atoms with Gasteiger partial charge < -0.3 is 0 Å². The molecule has 2 N–H and O–H groups in total. The normalized spacial score (nSPS) is 14.3. The summed E-state index contributed by atoms with van der Waals surface area (Å²) in [4.78, 5) is 12.1. The van der Waals surface area contributed by atoms with Gasteiger partial charge in [0.2, 0.25) is 5.91 Å². The summed E-state index contributed by atoms with van der Waals surface area (Å²) in [6.45, 7) is 0.0466. The number of nitrogens with one attached hydrogen (secondary N) is 2. The number of alkyl halides is 3. The summed E-state index contributed by atoms with van der Waals surface area (Å²) in [7, 11) is 0. The quantitative estimate of drug-likeness (QED) is 0.414. The minimum Gasteiger partial charge on any atom is -0.277 e. The Bertz CT molecular complexity index is 1100. The number of hydrogen-bond acceptors (Lipinski definition) is 4. The molecule has 7 nitrogen and oxygen atoms in total. The third-order valence-electron chi connectivity index (χ3n) is 4.84. The molecule has 0 radical (unpaired) electrons. The number of aryl methyl sites for hydroxylation is 1. The molecule has 1 saturated carbocycles. The van der Waals surface area contributed by atoms with Gasteiger partial charge in [-0.3, -0.25) is 14.6 Å². The molecule has 0 unspecified atom stereocenters. The van der Waals surface area contributed by atoms with Gasteiger partial charge in [-0.1, -0.05) is 23.7 Å². The first-order valence-corrected chi connectivity index (χ1v) is 9.95. The van der Waals surface area contributed by atoms with Crippen LogP contribution in [0.3, 0.4) is 0 Å². The van der Waals surface area contributed by atoms with E-state index in [1.807, 2.05) is 12.1 Å². The smallest absolute Gasteiger partial charge is 0.277 e. The summed E-state index contributed by atoms with van der Waals surface area (Å²) >= 11 is 5.90. The molecule has 11 heteroatoms. The average molecular weight is 451 g/mol. The highest BCUT2D eigenvalue weighted by atomic mass is 35.5. The molecule has 1 aliphatic carbocycles. The van der Waals surface area contributed by atoms with Crippen molar-refractivity contribution in [2.45, 2.75) is 37.9 Å². The fourth-order valence-corrected chi connectivity index (χ4v) is 3.26. The van der Waals surface area contributed by atoms with E-state index >= 15 is 0 Å². The molecule has 162 valence electrons. The average Bonchev–Trinajstić information content (AvgIpc) is 3.29. The van der Waals surface area contributed by atoms with Crippen molar-refractivity contribution in [3.8, 4) is 11.3 Å². The monoisotopic (exact) mass is 450 g/mol. The van der Waals surface area contributed by atoms with E-state index in [1.165, 1.54) is 10.9 Å². The first kappa shape index (κ1) is 21.1. The number of carbonyl (C=O) groups excluding carboxylic acids is 1. The van der Waals surface area contributed by atoms with Gasteiger partial charge in [-0.15, -0.1) is 0 Å². The van der Waals surface area contributed by atoms with Gasteiger partial charge in [0.15, 0.2) is 5.69 Å². The van der Waals surface area contributed by atoms with E-state index in [0.29, 0.717) is 22.0 Å². The summed E-state index contributed by atoms with van der Waals surface area (Å²) in [5.41, 5.74) is 4.19. The van der Waals surface area contributed by atoms with Gasteiger partial charge in [-0.05, 0) is 31.0 Å². The molecule has 2 aromatic heterocycles. The third-order valence-corrected chi connectivity index (χ3v) is 5.09. The molecule has 0 saturated heterocycles. The number of hydrazone groups is 1. The summed E-state index contributed by atoms with van der Waals surface area (Å²) in [5, 5.41) is 15.0. The van der Waals surface area contributed by atoms with Crippen molar-refractivity contribution in [1.29, 1.82) is 0 Å². The van der Waals surface area contributed by atoms with Crippen LogP contribution in [-0.2, 0) is 17.5 Å². The van der Waals surface area contributed by atoms with Crippen LogP contribution in [0, 0.1) is 0 Å². The van der Waals surface area contributed by atoms with Crippen LogP contribution in [0.1, 0.15) is 42.1 Å². The molecule has 4 rings (SSSR count). The van der Waals surface area contributed by atoms with Crippen molar-refractivity contribution >= 4 is 23.7 Å². The molecular formula is C20H18ClF3N6O. The number of H-pyrrole nitrogens is 1. The van der Waals surface area contributed by atoms with E-state index in [9.17, 15) is 18.0 Å². The molecule has 3 aromatic rings. The highest BCUT2D eigenvalue weighted by Gasteiger charge is 2.37. The second kappa shape index (κ2) is 8.54. The lowest BCUT2D eigenvalue weighted by atomic mass is 10.1. The Morgan fingerprint density at radius 3 is 2.74 bits per heavy atom. The first-order valence-electron chi connectivity index (χ1n) is 9.57. The summed E-state index contributed by atoms with van der Waals surface area (Å²) in [6, 6.07) is 8.21. The van der Waals surface area contributed by atoms with Gasteiger partial charge in [0, 0.05) is 34.2 Å². The number of benzene rings is 1. The van der Waals surface area contributed by atoms with Crippen molar-refractivity contribution in [2.24, 2.45) is 5.10 Å². The maximum Gasteiger partial charge on any atom is 0.435 e. The lowest BCUT2D eigenvalue weighted by molar-refractivity contribution is -0.141. The highest BCUT2D eigenvalue weighted by Crippen LogP contribution is 2.42. The Balaban J connectivity index is 1.36. The third kappa shape index (κ3) is 5.13. The minimum absolute atomic E-state index is 0.0466. The van der Waals surface area contributed by atoms with E-state index in [4.69, 9.17) is 11.6 Å². The zero-order chi connectivity index (χ0) is 22.0. The standard InChI is InChI=1S/C20H18ClF3N6O/c21-15-5-3-13(4-6-15)19-14(11-26-28-19)10-25-27-18(31)7-8-30-16(12-1-2-12)9-17(29-30)20(22,23)24/h3-6,9-12H,1-2,7-8H2,(H,26,28)(H,27,31). The topological polar surface area (TPSA) is 88.0 Å². The second-order valence-electron chi connectivity index (χ2n) is 7.20. The summed E-state index contributed by atoms with van der Waals surface area (Å²) in [5.74, 6) is -0.351. The molecule has 1 aromatic carbocycles. The number of aromatic nitrogens is 4. The van der Waals surface area contributed by atoms with E-state index < -0.39 is 17.8 Å². The van der Waals surface area contributed by atoms with Crippen LogP contribution in [0.5, 0.6) is 0 Å². The predicted molar refractivity (Wildman–Crippen MR) is 109 cm³/mol. The predicted octanol–water partition coefficient (Wildman–Crippen LogP) is 4.36. The molecule has 1 fully saturated rings. The Morgan fingerprint density at radius 1 is 1.32 bits per heavy atom. The van der Waals surface area contributed by atoms with Gasteiger partial charge in [0.25, 0.3) is 0 Å². The van der Waals surface area contributed by atoms with Crippen LogP contribution in [0.15, 0.2) is 41.6 Å². The first-order chi connectivity index (χ1) is 14.8. The molecule has 0 atom stereocenters. The molecule has 1 amide bonds. The van der Waals surface area contributed by atoms with Gasteiger partial charge in [-0.2, -0.15) is 28.5 Å². The van der Waals surface area contributed by atoms with E-state index in [0.717, 1.165) is 24.5 Å². The Morgan fingerprint density at radius 2 is 2.06 bits per heavy atom. The van der Waals surface area contributed by atoms with Gasteiger partial charge in [0.1, 0.15) is 0 Å². The Kier molecular flexibility index (Phi) is 5.81. The fourth-order valence-electron chi connectivity index (χ4n) is 3.13. The highest BCUT2D eigenvalue weighted by molar-refractivity contribution is 6.30. The van der Waals surface area contributed by atoms with Crippen molar-refractivity contribution in [3.05, 3.63) is 58.5 Å². The van der Waals surface area contributed by atoms with Crippen LogP contribution in [-0.4, -0.2) is 32.1 Å². The maximum absolute atomic E-state index is 13.0. The molecule has 1 aliphatic rings. The van der Waals surface area contributed by atoms with Gasteiger partial charge in [-0.25, -0.2) is 5.43 Å². The van der Waals surface area contributed by atoms with Gasteiger partial charge >= 0.3 is 6.18 Å². The second-order valence-corrected chi connectivity index (χ2v) is 7.64. The Hall–Kier alpha value is -3.14. The number of hydrogen-bond donors (Lipinski definition) is 2. The Labute approximate surface area is 180 Å². The van der Waals surface area contributed by atoms with Crippen LogP contribution < -0.4 is 5.43 Å². The zero-order valence-electron chi connectivity index (χ0n) is 16.2. The molecule has 0 spiro atoms. The minimum atomic E-state index is -4.51. The molecule has 31 heavy (non-hydrogen) atoms. The molecule has 2 heterocycles. The van der Waals surface area contributed by atoms with E-state index in [1.54, 1.807) is 18.3 Å². The number of rotatable bonds is 7. The molecular weight excluding hydrogens is 433 g/mol. The zero-order valence-corrected chi connectivity index (χ0v) is 16.9. The number of carbonyl (C=O) groups is 1. The van der Waals surface area contributed by atoms with Crippen molar-refractivity contribution < 1.29 is 18.0 Å². The van der Waals surface area contributed by atoms with Crippen LogP contribution in [0.4, 0.5) is 13.2 Å². The van der Waals surface area contributed by atoms with Crippen LogP contribution >= 0.6 is 11.6 Å². The number of amides is 1. The number of halogens is 4. The van der Waals surface area contributed by atoms with Crippen molar-refractivity contribution in [3.63, 3.8) is 0 Å². The number of aromatic amines is 1. The summed E-state index contributed by atoms with van der Waals surface area (Å²) < 4.78 is 40.1. The summed E-state index contributed by atoms with van der Waals surface area (Å²) in [6.07, 6.45) is 0.111. The fraction of sp³-hybridized carbons (Fsp3) is 0.300. The van der Waals surface area contributed by atoms with E-state index in [-0.39, 0.29) is 18.9 Å².